The van der Waals surface area contributed by atoms with E-state index in [9.17, 15) is 0 Å². The third-order valence-corrected chi connectivity index (χ3v) is 2.45. The number of aromatic nitrogens is 2. The minimum absolute atomic E-state index is 0.716. The van der Waals surface area contributed by atoms with Gasteiger partial charge in [0.2, 0.25) is 0 Å². The molecule has 3 heteroatoms. The van der Waals surface area contributed by atoms with E-state index in [1.54, 1.807) is 0 Å². The molecule has 0 saturated heterocycles. The molecule has 1 rings (SSSR count). The van der Waals surface area contributed by atoms with Crippen molar-refractivity contribution in [2.45, 2.75) is 34.1 Å². The van der Waals surface area contributed by atoms with Crippen molar-refractivity contribution in [3.63, 3.8) is 0 Å². The highest BCUT2D eigenvalue weighted by Gasteiger charge is 2.06. The summed E-state index contributed by atoms with van der Waals surface area (Å²) in [5.41, 5.74) is 3.35. The van der Waals surface area contributed by atoms with Crippen LogP contribution >= 0.6 is 0 Å². The minimum Gasteiger partial charge on any atom is -0.382 e. The standard InChI is InChI=1S/C10H19N3/c1-5-7(2)6-11-10-8(3)12-13-9(10)4/h7,11H,5-6H2,1-4H3,(H,12,13). The van der Waals surface area contributed by atoms with E-state index in [2.05, 4.69) is 29.4 Å². The van der Waals surface area contributed by atoms with Crippen molar-refractivity contribution in [2.75, 3.05) is 11.9 Å². The van der Waals surface area contributed by atoms with E-state index >= 15 is 0 Å². The molecule has 0 amide bonds. The third-order valence-electron chi connectivity index (χ3n) is 2.45. The van der Waals surface area contributed by atoms with Crippen LogP contribution < -0.4 is 5.32 Å². The second-order valence-corrected chi connectivity index (χ2v) is 3.70. The van der Waals surface area contributed by atoms with Crippen LogP contribution in [0.4, 0.5) is 5.69 Å². The second kappa shape index (κ2) is 4.30. The summed E-state index contributed by atoms with van der Waals surface area (Å²) in [4.78, 5) is 0. The van der Waals surface area contributed by atoms with Gasteiger partial charge in [-0.2, -0.15) is 5.10 Å². The molecular formula is C10H19N3. The van der Waals surface area contributed by atoms with E-state index < -0.39 is 0 Å². The van der Waals surface area contributed by atoms with Gasteiger partial charge in [-0.05, 0) is 19.8 Å². The van der Waals surface area contributed by atoms with E-state index in [4.69, 9.17) is 0 Å². The lowest BCUT2D eigenvalue weighted by Crippen LogP contribution is -2.11. The van der Waals surface area contributed by atoms with Gasteiger partial charge in [-0.3, -0.25) is 5.10 Å². The van der Waals surface area contributed by atoms with Crippen molar-refractivity contribution in [1.29, 1.82) is 0 Å². The van der Waals surface area contributed by atoms with Crippen LogP contribution in [-0.2, 0) is 0 Å². The molecule has 1 heterocycles. The molecule has 2 N–H and O–H groups in total. The van der Waals surface area contributed by atoms with Crippen molar-refractivity contribution >= 4 is 5.69 Å². The number of hydrogen-bond acceptors (Lipinski definition) is 2. The maximum atomic E-state index is 4.13. The average molecular weight is 181 g/mol. The first-order valence-electron chi connectivity index (χ1n) is 4.90. The molecule has 1 unspecified atom stereocenters. The van der Waals surface area contributed by atoms with Crippen molar-refractivity contribution in [3.8, 4) is 0 Å². The summed E-state index contributed by atoms with van der Waals surface area (Å²) in [7, 11) is 0. The number of aryl methyl sites for hydroxylation is 2. The lowest BCUT2D eigenvalue weighted by Gasteiger charge is -2.11. The fourth-order valence-electron chi connectivity index (χ4n) is 1.23. The van der Waals surface area contributed by atoms with Gasteiger partial charge >= 0.3 is 0 Å². The summed E-state index contributed by atoms with van der Waals surface area (Å²) >= 11 is 0. The molecule has 0 radical (unpaired) electrons. The predicted molar refractivity (Wildman–Crippen MR) is 56.0 cm³/mol. The third kappa shape index (κ3) is 2.47. The van der Waals surface area contributed by atoms with Gasteiger partial charge in [0.15, 0.2) is 0 Å². The van der Waals surface area contributed by atoms with Crippen LogP contribution in [0.2, 0.25) is 0 Å². The fraction of sp³-hybridized carbons (Fsp3) is 0.700. The Morgan fingerprint density at radius 3 is 2.62 bits per heavy atom. The highest BCUT2D eigenvalue weighted by Crippen LogP contribution is 2.16. The maximum absolute atomic E-state index is 4.13. The summed E-state index contributed by atoms with van der Waals surface area (Å²) < 4.78 is 0. The Bertz CT molecular complexity index is 246. The zero-order chi connectivity index (χ0) is 9.84. The van der Waals surface area contributed by atoms with Gasteiger partial charge < -0.3 is 5.32 Å². The first kappa shape index (κ1) is 10.1. The van der Waals surface area contributed by atoms with Crippen LogP contribution in [0.3, 0.4) is 0 Å². The summed E-state index contributed by atoms with van der Waals surface area (Å²) in [6, 6.07) is 0. The molecule has 0 saturated carbocycles. The van der Waals surface area contributed by atoms with E-state index in [1.807, 2.05) is 13.8 Å². The zero-order valence-electron chi connectivity index (χ0n) is 8.94. The van der Waals surface area contributed by atoms with Crippen LogP contribution in [0.5, 0.6) is 0 Å². The maximum Gasteiger partial charge on any atom is 0.0825 e. The Kier molecular flexibility index (Phi) is 3.34. The number of hydrogen-bond donors (Lipinski definition) is 2. The van der Waals surface area contributed by atoms with Crippen molar-refractivity contribution in [1.82, 2.24) is 10.2 Å². The monoisotopic (exact) mass is 181 g/mol. The van der Waals surface area contributed by atoms with Crippen LogP contribution in [0.15, 0.2) is 0 Å². The van der Waals surface area contributed by atoms with E-state index in [0.717, 1.165) is 17.9 Å². The molecular weight excluding hydrogens is 162 g/mol. The SMILES string of the molecule is CCC(C)CNc1c(C)n[nH]c1C. The molecule has 0 aromatic carbocycles. The molecule has 0 fully saturated rings. The normalized spacial score (nSPS) is 12.9. The Morgan fingerprint density at radius 1 is 1.46 bits per heavy atom. The van der Waals surface area contributed by atoms with E-state index in [-0.39, 0.29) is 0 Å². The molecule has 13 heavy (non-hydrogen) atoms. The molecule has 0 spiro atoms. The van der Waals surface area contributed by atoms with Gasteiger partial charge in [-0.1, -0.05) is 20.3 Å². The molecule has 0 aliphatic rings. The van der Waals surface area contributed by atoms with E-state index in [1.165, 1.54) is 12.1 Å². The highest BCUT2D eigenvalue weighted by molar-refractivity contribution is 5.51. The molecule has 1 atom stereocenters. The van der Waals surface area contributed by atoms with Crippen molar-refractivity contribution < 1.29 is 0 Å². The Labute approximate surface area is 79.9 Å². The van der Waals surface area contributed by atoms with Crippen molar-refractivity contribution in [3.05, 3.63) is 11.4 Å². The molecule has 0 bridgehead atoms. The predicted octanol–water partition coefficient (Wildman–Crippen LogP) is 2.48. The summed E-state index contributed by atoms with van der Waals surface area (Å²) in [6.45, 7) is 9.54. The number of nitrogens with zero attached hydrogens (tertiary/aromatic N) is 1. The lowest BCUT2D eigenvalue weighted by atomic mass is 10.1. The Hall–Kier alpha value is -0.990. The quantitative estimate of drug-likeness (QED) is 0.749. The lowest BCUT2D eigenvalue weighted by molar-refractivity contribution is 0.593. The van der Waals surface area contributed by atoms with Gasteiger partial charge in [-0.15, -0.1) is 0 Å². The molecule has 74 valence electrons. The van der Waals surface area contributed by atoms with Gasteiger partial charge in [-0.25, -0.2) is 0 Å². The molecule has 0 aliphatic heterocycles. The van der Waals surface area contributed by atoms with Crippen molar-refractivity contribution in [2.24, 2.45) is 5.92 Å². The van der Waals surface area contributed by atoms with Crippen LogP contribution in [-0.4, -0.2) is 16.7 Å². The highest BCUT2D eigenvalue weighted by atomic mass is 15.1. The van der Waals surface area contributed by atoms with Crippen LogP contribution in [0.25, 0.3) is 0 Å². The van der Waals surface area contributed by atoms with Crippen LogP contribution in [0, 0.1) is 19.8 Å². The van der Waals surface area contributed by atoms with Gasteiger partial charge in [0, 0.05) is 6.54 Å². The number of H-pyrrole nitrogens is 1. The zero-order valence-corrected chi connectivity index (χ0v) is 8.94. The first-order valence-corrected chi connectivity index (χ1v) is 4.90. The fourth-order valence-corrected chi connectivity index (χ4v) is 1.23. The smallest absolute Gasteiger partial charge is 0.0825 e. The summed E-state index contributed by atoms with van der Waals surface area (Å²) in [6.07, 6.45) is 1.21. The molecule has 0 aliphatic carbocycles. The van der Waals surface area contributed by atoms with E-state index in [0.29, 0.717) is 5.92 Å². The number of rotatable bonds is 4. The average Bonchev–Trinajstić information content (AvgIpc) is 2.43. The topological polar surface area (TPSA) is 40.7 Å². The minimum atomic E-state index is 0.716. The number of aromatic amines is 1. The van der Waals surface area contributed by atoms with Gasteiger partial charge in [0.05, 0.1) is 17.1 Å². The van der Waals surface area contributed by atoms with Gasteiger partial charge in [0.25, 0.3) is 0 Å². The number of anilines is 1. The number of nitrogens with one attached hydrogen (secondary N) is 2. The largest absolute Gasteiger partial charge is 0.382 e. The van der Waals surface area contributed by atoms with Crippen LogP contribution in [0.1, 0.15) is 31.7 Å². The second-order valence-electron chi connectivity index (χ2n) is 3.70. The first-order chi connectivity index (χ1) is 6.15. The Morgan fingerprint density at radius 2 is 2.15 bits per heavy atom. The Balaban J connectivity index is 2.53. The molecule has 1 aromatic heterocycles. The summed E-state index contributed by atoms with van der Waals surface area (Å²) in [5.74, 6) is 0.716. The molecule has 1 aromatic rings. The summed E-state index contributed by atoms with van der Waals surface area (Å²) in [5, 5.41) is 10.5. The molecule has 3 nitrogen and oxygen atoms in total. The van der Waals surface area contributed by atoms with Gasteiger partial charge in [0.1, 0.15) is 0 Å².